The Morgan fingerprint density at radius 2 is 2.33 bits per heavy atom. The number of likely N-dealkylation sites (tertiary alicyclic amines) is 1. The van der Waals surface area contributed by atoms with Gasteiger partial charge in [-0.2, -0.15) is 0 Å². The molecule has 1 aliphatic heterocycles. The summed E-state index contributed by atoms with van der Waals surface area (Å²) in [7, 11) is 0. The van der Waals surface area contributed by atoms with Crippen LogP contribution in [0.15, 0.2) is 18.3 Å². The molecule has 0 aromatic carbocycles. The van der Waals surface area contributed by atoms with Crippen LogP contribution >= 0.6 is 0 Å². The average molecular weight is 247 g/mol. The van der Waals surface area contributed by atoms with E-state index in [9.17, 15) is 4.79 Å². The molecule has 0 bridgehead atoms. The van der Waals surface area contributed by atoms with Crippen molar-refractivity contribution in [2.45, 2.75) is 51.7 Å². The van der Waals surface area contributed by atoms with Crippen molar-refractivity contribution in [3.63, 3.8) is 0 Å². The second kappa shape index (κ2) is 5.48. The molecule has 1 aromatic heterocycles. The smallest absolute Gasteiger partial charge is 0.254 e. The van der Waals surface area contributed by atoms with E-state index in [1.807, 2.05) is 4.90 Å². The van der Waals surface area contributed by atoms with Crippen LogP contribution in [0.3, 0.4) is 0 Å². The fourth-order valence-corrected chi connectivity index (χ4v) is 2.71. The molecule has 0 radical (unpaired) electrons. The average Bonchev–Trinajstić information content (AvgIpc) is 2.79. The standard InChI is InChI=1S/C14H21N3O/c1-3-13-5-4-10(2)17(13)14(18)11-6-7-16-12(8-11)9-15/h6-8,10,13H,3-5,9,15H2,1-2H3. The summed E-state index contributed by atoms with van der Waals surface area (Å²) < 4.78 is 0. The van der Waals surface area contributed by atoms with Crippen LogP contribution in [0.1, 0.15) is 49.2 Å². The van der Waals surface area contributed by atoms with E-state index in [1.54, 1.807) is 18.3 Å². The van der Waals surface area contributed by atoms with E-state index in [0.29, 0.717) is 24.2 Å². The van der Waals surface area contributed by atoms with Gasteiger partial charge in [-0.25, -0.2) is 0 Å². The fourth-order valence-electron chi connectivity index (χ4n) is 2.71. The molecule has 18 heavy (non-hydrogen) atoms. The van der Waals surface area contributed by atoms with Crippen molar-refractivity contribution >= 4 is 5.91 Å². The van der Waals surface area contributed by atoms with Gasteiger partial charge < -0.3 is 10.6 Å². The van der Waals surface area contributed by atoms with Crippen molar-refractivity contribution in [3.05, 3.63) is 29.6 Å². The molecular formula is C14H21N3O. The van der Waals surface area contributed by atoms with Crippen LogP contribution in [0.5, 0.6) is 0 Å². The predicted octanol–water partition coefficient (Wildman–Crippen LogP) is 1.94. The topological polar surface area (TPSA) is 59.2 Å². The van der Waals surface area contributed by atoms with Gasteiger partial charge in [-0.1, -0.05) is 6.92 Å². The van der Waals surface area contributed by atoms with E-state index in [0.717, 1.165) is 25.0 Å². The van der Waals surface area contributed by atoms with Crippen molar-refractivity contribution in [2.24, 2.45) is 5.73 Å². The Morgan fingerprint density at radius 1 is 1.56 bits per heavy atom. The molecule has 0 spiro atoms. The molecule has 2 N–H and O–H groups in total. The lowest BCUT2D eigenvalue weighted by Crippen LogP contribution is -2.39. The van der Waals surface area contributed by atoms with E-state index in [-0.39, 0.29) is 5.91 Å². The van der Waals surface area contributed by atoms with Gasteiger partial charge in [0.15, 0.2) is 0 Å². The first-order chi connectivity index (χ1) is 8.67. The molecule has 1 amide bonds. The minimum absolute atomic E-state index is 0.115. The molecule has 1 saturated heterocycles. The summed E-state index contributed by atoms with van der Waals surface area (Å²) in [5, 5.41) is 0. The maximum Gasteiger partial charge on any atom is 0.254 e. The number of nitrogens with zero attached hydrogens (tertiary/aromatic N) is 2. The Kier molecular flexibility index (Phi) is 3.97. The Morgan fingerprint density at radius 3 is 3.00 bits per heavy atom. The highest BCUT2D eigenvalue weighted by molar-refractivity contribution is 5.94. The van der Waals surface area contributed by atoms with Gasteiger partial charge in [0, 0.05) is 30.4 Å². The lowest BCUT2D eigenvalue weighted by molar-refractivity contribution is 0.0676. The first-order valence-corrected chi connectivity index (χ1v) is 6.65. The maximum absolute atomic E-state index is 12.6. The van der Waals surface area contributed by atoms with Crippen molar-refractivity contribution in [2.75, 3.05) is 0 Å². The van der Waals surface area contributed by atoms with Gasteiger partial charge in [0.05, 0.1) is 5.69 Å². The van der Waals surface area contributed by atoms with Gasteiger partial charge in [0.25, 0.3) is 5.91 Å². The zero-order valence-corrected chi connectivity index (χ0v) is 11.1. The lowest BCUT2D eigenvalue weighted by Gasteiger charge is -2.28. The summed E-state index contributed by atoms with van der Waals surface area (Å²) in [6.45, 7) is 4.63. The third kappa shape index (κ3) is 2.38. The number of amides is 1. The summed E-state index contributed by atoms with van der Waals surface area (Å²) in [5.41, 5.74) is 7.04. The maximum atomic E-state index is 12.6. The first kappa shape index (κ1) is 13.0. The monoisotopic (exact) mass is 247 g/mol. The summed E-state index contributed by atoms with van der Waals surface area (Å²) >= 11 is 0. The van der Waals surface area contributed by atoms with E-state index < -0.39 is 0 Å². The zero-order valence-electron chi connectivity index (χ0n) is 11.1. The minimum Gasteiger partial charge on any atom is -0.333 e. The van der Waals surface area contributed by atoms with Crippen LogP contribution in [0.2, 0.25) is 0 Å². The Hall–Kier alpha value is -1.42. The van der Waals surface area contributed by atoms with Gasteiger partial charge in [-0.3, -0.25) is 9.78 Å². The molecule has 2 unspecified atom stereocenters. The molecule has 98 valence electrons. The Labute approximate surface area is 108 Å². The van der Waals surface area contributed by atoms with E-state index in [4.69, 9.17) is 5.73 Å². The highest BCUT2D eigenvalue weighted by Gasteiger charge is 2.33. The number of nitrogens with two attached hydrogens (primary N) is 1. The number of hydrogen-bond acceptors (Lipinski definition) is 3. The SMILES string of the molecule is CCC1CCC(C)N1C(=O)c1ccnc(CN)c1. The highest BCUT2D eigenvalue weighted by Crippen LogP contribution is 2.27. The number of carbonyl (C=O) groups is 1. The van der Waals surface area contributed by atoms with Crippen LogP contribution in [0, 0.1) is 0 Å². The summed E-state index contributed by atoms with van der Waals surface area (Å²) in [6, 6.07) is 4.29. The van der Waals surface area contributed by atoms with E-state index in [2.05, 4.69) is 18.8 Å². The first-order valence-electron chi connectivity index (χ1n) is 6.65. The summed E-state index contributed by atoms with van der Waals surface area (Å²) in [6.07, 6.45) is 4.89. The van der Waals surface area contributed by atoms with Gasteiger partial charge in [-0.15, -0.1) is 0 Å². The van der Waals surface area contributed by atoms with Crippen LogP contribution < -0.4 is 5.73 Å². The predicted molar refractivity (Wildman–Crippen MR) is 71.1 cm³/mol. The minimum atomic E-state index is 0.115. The van der Waals surface area contributed by atoms with E-state index in [1.165, 1.54) is 0 Å². The molecule has 4 nitrogen and oxygen atoms in total. The van der Waals surface area contributed by atoms with Crippen molar-refractivity contribution in [1.29, 1.82) is 0 Å². The molecule has 1 aliphatic rings. The molecule has 2 heterocycles. The molecule has 1 aromatic rings. The molecule has 4 heteroatoms. The van der Waals surface area contributed by atoms with Gasteiger partial charge in [0.1, 0.15) is 0 Å². The summed E-state index contributed by atoms with van der Waals surface area (Å²) in [5.74, 6) is 0.115. The molecule has 2 atom stereocenters. The molecule has 0 saturated carbocycles. The highest BCUT2D eigenvalue weighted by atomic mass is 16.2. The van der Waals surface area contributed by atoms with Crippen LogP contribution in [0.4, 0.5) is 0 Å². The fraction of sp³-hybridized carbons (Fsp3) is 0.571. The van der Waals surface area contributed by atoms with Crippen LogP contribution in [-0.4, -0.2) is 27.9 Å². The van der Waals surface area contributed by atoms with Gasteiger partial charge in [0.2, 0.25) is 0 Å². The Bertz CT molecular complexity index is 433. The number of pyridine rings is 1. The van der Waals surface area contributed by atoms with Crippen molar-refractivity contribution < 1.29 is 4.79 Å². The van der Waals surface area contributed by atoms with Crippen LogP contribution in [0.25, 0.3) is 0 Å². The number of hydrogen-bond donors (Lipinski definition) is 1. The van der Waals surface area contributed by atoms with Gasteiger partial charge >= 0.3 is 0 Å². The second-order valence-corrected chi connectivity index (χ2v) is 4.94. The molecule has 2 rings (SSSR count). The number of carbonyl (C=O) groups excluding carboxylic acids is 1. The number of aromatic nitrogens is 1. The quantitative estimate of drug-likeness (QED) is 0.888. The second-order valence-electron chi connectivity index (χ2n) is 4.94. The van der Waals surface area contributed by atoms with E-state index >= 15 is 0 Å². The van der Waals surface area contributed by atoms with Crippen LogP contribution in [-0.2, 0) is 6.54 Å². The zero-order chi connectivity index (χ0) is 13.1. The van der Waals surface area contributed by atoms with Gasteiger partial charge in [-0.05, 0) is 38.3 Å². The van der Waals surface area contributed by atoms with Crippen molar-refractivity contribution in [1.82, 2.24) is 9.88 Å². The molecule has 1 fully saturated rings. The lowest BCUT2D eigenvalue weighted by atomic mass is 10.1. The normalized spacial score (nSPS) is 23.4. The molecular weight excluding hydrogens is 226 g/mol. The largest absolute Gasteiger partial charge is 0.333 e. The Balaban J connectivity index is 2.24. The number of rotatable bonds is 3. The third-order valence-electron chi connectivity index (χ3n) is 3.76. The van der Waals surface area contributed by atoms with Crippen molar-refractivity contribution in [3.8, 4) is 0 Å². The summed E-state index contributed by atoms with van der Waals surface area (Å²) in [4.78, 5) is 18.7. The molecule has 0 aliphatic carbocycles. The third-order valence-corrected chi connectivity index (χ3v) is 3.76.